The highest BCUT2D eigenvalue weighted by molar-refractivity contribution is 7.92. The van der Waals surface area contributed by atoms with Crippen molar-refractivity contribution in [2.24, 2.45) is 0 Å². The van der Waals surface area contributed by atoms with Crippen molar-refractivity contribution in [3.05, 3.63) is 0 Å². The Morgan fingerprint density at radius 1 is 1.73 bits per heavy atom. The molecule has 2 nitrogen and oxygen atoms in total. The summed E-state index contributed by atoms with van der Waals surface area (Å²) in [5, 5.41) is 0.430. The predicted octanol–water partition coefficient (Wildman–Crippen LogP) is 1.61. The Morgan fingerprint density at radius 2 is 2.45 bits per heavy atom. The van der Waals surface area contributed by atoms with E-state index in [-0.39, 0.29) is 17.0 Å². The summed E-state index contributed by atoms with van der Waals surface area (Å²) in [7, 11) is 0. The summed E-state index contributed by atoms with van der Waals surface area (Å²) >= 11 is -0.379. The molecule has 0 amide bonds. The second kappa shape index (κ2) is 4.12. The quantitative estimate of drug-likeness (QED) is 0.662. The van der Waals surface area contributed by atoms with Crippen LogP contribution in [-0.2, 0) is 16.0 Å². The van der Waals surface area contributed by atoms with Crippen molar-refractivity contribution >= 4 is 17.0 Å². The van der Waals surface area contributed by atoms with Gasteiger partial charge in [-0.25, -0.2) is 0 Å². The Hall–Kier alpha value is -0.0200. The van der Waals surface area contributed by atoms with E-state index in [0.29, 0.717) is 11.7 Å². The number of Topliss-reactive ketones (excluding diaryl/α,β-unsaturated/α-hetero) is 1. The first kappa shape index (κ1) is 9.07. The van der Waals surface area contributed by atoms with E-state index in [1.54, 1.807) is 6.92 Å². The normalized spacial score (nSPS) is 30.7. The van der Waals surface area contributed by atoms with Crippen LogP contribution in [0.4, 0.5) is 0 Å². The van der Waals surface area contributed by atoms with Crippen molar-refractivity contribution < 1.29 is 9.35 Å². The van der Waals surface area contributed by atoms with Crippen molar-refractivity contribution in [1.82, 2.24) is 0 Å². The first-order chi connectivity index (χ1) is 5.20. The molecule has 64 valence electrons. The zero-order valence-electron chi connectivity index (χ0n) is 6.88. The number of carbonyl (C=O) groups excluding carboxylic acids is 1. The molecular weight excluding hydrogens is 160 g/mol. The van der Waals surface area contributed by atoms with E-state index < -0.39 is 0 Å². The lowest BCUT2D eigenvalue weighted by Gasteiger charge is -2.02. The van der Waals surface area contributed by atoms with E-state index in [1.165, 1.54) is 0 Å². The Balaban J connectivity index is 2.20. The fourth-order valence-corrected chi connectivity index (χ4v) is 3.03. The summed E-state index contributed by atoms with van der Waals surface area (Å²) in [6, 6.07) is 0. The maximum Gasteiger partial charge on any atom is 0.151 e. The standard InChI is InChI=1S/C8H15O2S/c1-7(9)4-5-8-3-2-6-11(8)10/h8,10H,2-6H2,1H3/q+1. The molecule has 1 aliphatic rings. The summed E-state index contributed by atoms with van der Waals surface area (Å²) in [5.74, 6) is 1.21. The Bertz CT molecular complexity index is 147. The number of rotatable bonds is 3. The zero-order chi connectivity index (χ0) is 8.27. The van der Waals surface area contributed by atoms with Crippen LogP contribution in [0.1, 0.15) is 32.6 Å². The third-order valence-corrected chi connectivity index (χ3v) is 4.03. The topological polar surface area (TPSA) is 37.3 Å². The predicted molar refractivity (Wildman–Crippen MR) is 47.8 cm³/mol. The van der Waals surface area contributed by atoms with Gasteiger partial charge < -0.3 is 4.79 Å². The van der Waals surface area contributed by atoms with Crippen LogP contribution in [0, 0.1) is 0 Å². The lowest BCUT2D eigenvalue weighted by molar-refractivity contribution is -0.117. The van der Waals surface area contributed by atoms with E-state index in [1.807, 2.05) is 0 Å². The minimum Gasteiger partial charge on any atom is -0.300 e. The Morgan fingerprint density at radius 3 is 2.91 bits per heavy atom. The van der Waals surface area contributed by atoms with E-state index in [0.717, 1.165) is 25.0 Å². The number of hydrogen-bond donors (Lipinski definition) is 1. The van der Waals surface area contributed by atoms with E-state index in [9.17, 15) is 9.35 Å². The lowest BCUT2D eigenvalue weighted by atomic mass is 10.1. The molecular formula is C8H15O2S+. The summed E-state index contributed by atoms with van der Waals surface area (Å²) in [6.45, 7) is 1.62. The van der Waals surface area contributed by atoms with Gasteiger partial charge in [-0.05, 0) is 6.92 Å². The molecule has 0 aromatic heterocycles. The maximum atomic E-state index is 10.6. The molecule has 1 fully saturated rings. The lowest BCUT2D eigenvalue weighted by Crippen LogP contribution is -2.16. The van der Waals surface area contributed by atoms with Crippen LogP contribution < -0.4 is 0 Å². The van der Waals surface area contributed by atoms with E-state index in [2.05, 4.69) is 0 Å². The molecule has 0 aromatic rings. The van der Waals surface area contributed by atoms with Crippen LogP contribution in [-0.4, -0.2) is 21.3 Å². The fraction of sp³-hybridized carbons (Fsp3) is 0.875. The molecule has 0 radical (unpaired) electrons. The third-order valence-electron chi connectivity index (χ3n) is 2.08. The average Bonchev–Trinajstić information content (AvgIpc) is 2.31. The van der Waals surface area contributed by atoms with Gasteiger partial charge in [0.2, 0.25) is 0 Å². The van der Waals surface area contributed by atoms with Crippen LogP contribution in [0.15, 0.2) is 0 Å². The van der Waals surface area contributed by atoms with Gasteiger partial charge >= 0.3 is 0 Å². The van der Waals surface area contributed by atoms with Crippen molar-refractivity contribution in [1.29, 1.82) is 0 Å². The zero-order valence-corrected chi connectivity index (χ0v) is 7.69. The van der Waals surface area contributed by atoms with Crippen molar-refractivity contribution in [2.75, 3.05) is 5.75 Å². The van der Waals surface area contributed by atoms with Crippen LogP contribution >= 0.6 is 0 Å². The van der Waals surface area contributed by atoms with Gasteiger partial charge in [0, 0.05) is 25.7 Å². The van der Waals surface area contributed by atoms with E-state index >= 15 is 0 Å². The molecule has 0 spiro atoms. The molecule has 1 aliphatic heterocycles. The van der Waals surface area contributed by atoms with Gasteiger partial charge in [0.05, 0.1) is 0 Å². The van der Waals surface area contributed by atoms with Gasteiger partial charge in [-0.2, -0.15) is 4.55 Å². The van der Waals surface area contributed by atoms with Gasteiger partial charge in [0.1, 0.15) is 22.7 Å². The van der Waals surface area contributed by atoms with Crippen LogP contribution in [0.3, 0.4) is 0 Å². The molecule has 1 rings (SSSR count). The number of ketones is 1. The second-order valence-corrected chi connectivity index (χ2v) is 4.99. The highest BCUT2D eigenvalue weighted by Crippen LogP contribution is 2.23. The summed E-state index contributed by atoms with van der Waals surface area (Å²) in [5.41, 5.74) is 0. The van der Waals surface area contributed by atoms with Crippen LogP contribution in [0.5, 0.6) is 0 Å². The van der Waals surface area contributed by atoms with Gasteiger partial charge in [0.25, 0.3) is 0 Å². The van der Waals surface area contributed by atoms with Crippen molar-refractivity contribution in [2.45, 2.75) is 37.9 Å². The first-order valence-electron chi connectivity index (χ1n) is 4.08. The molecule has 1 saturated heterocycles. The van der Waals surface area contributed by atoms with Crippen molar-refractivity contribution in [3.8, 4) is 0 Å². The highest BCUT2D eigenvalue weighted by Gasteiger charge is 2.35. The molecule has 11 heavy (non-hydrogen) atoms. The van der Waals surface area contributed by atoms with Crippen molar-refractivity contribution in [3.63, 3.8) is 0 Å². The maximum absolute atomic E-state index is 10.6. The Labute approximate surface area is 70.5 Å². The molecule has 1 N–H and O–H groups in total. The summed E-state index contributed by atoms with van der Waals surface area (Å²) in [4.78, 5) is 10.6. The molecule has 0 saturated carbocycles. The molecule has 1 heterocycles. The first-order valence-corrected chi connectivity index (χ1v) is 5.50. The average molecular weight is 175 g/mol. The molecule has 3 heteroatoms. The third kappa shape index (κ3) is 2.83. The van der Waals surface area contributed by atoms with Gasteiger partial charge in [-0.1, -0.05) is 0 Å². The monoisotopic (exact) mass is 175 g/mol. The number of hydrogen-bond acceptors (Lipinski definition) is 2. The minimum absolute atomic E-state index is 0.244. The molecule has 2 unspecified atom stereocenters. The highest BCUT2D eigenvalue weighted by atomic mass is 32.2. The van der Waals surface area contributed by atoms with Gasteiger partial charge in [-0.15, -0.1) is 0 Å². The Kier molecular flexibility index (Phi) is 3.40. The van der Waals surface area contributed by atoms with Gasteiger partial charge in [0.15, 0.2) is 5.25 Å². The summed E-state index contributed by atoms with van der Waals surface area (Å²) < 4.78 is 9.42. The van der Waals surface area contributed by atoms with Crippen LogP contribution in [0.25, 0.3) is 0 Å². The largest absolute Gasteiger partial charge is 0.300 e. The SMILES string of the molecule is CC(=O)CCC1CCC[S+]1O. The molecule has 2 atom stereocenters. The van der Waals surface area contributed by atoms with E-state index in [4.69, 9.17) is 0 Å². The number of carbonyl (C=O) groups is 1. The minimum atomic E-state index is -0.379. The summed E-state index contributed by atoms with van der Waals surface area (Å²) in [6.07, 6.45) is 3.80. The smallest absolute Gasteiger partial charge is 0.151 e. The molecule has 0 aromatic carbocycles. The molecule has 0 bridgehead atoms. The molecule has 0 aliphatic carbocycles. The fourth-order valence-electron chi connectivity index (χ4n) is 1.41. The van der Waals surface area contributed by atoms with Crippen LogP contribution in [0.2, 0.25) is 0 Å². The second-order valence-electron chi connectivity index (χ2n) is 3.11. The van der Waals surface area contributed by atoms with Gasteiger partial charge in [-0.3, -0.25) is 0 Å².